The van der Waals surface area contributed by atoms with Crippen LogP contribution in [0.2, 0.25) is 0 Å². The zero-order valence-corrected chi connectivity index (χ0v) is 15.3. The highest BCUT2D eigenvalue weighted by Gasteiger charge is 2.30. The highest BCUT2D eigenvalue weighted by Crippen LogP contribution is 2.38. The number of aromatic nitrogens is 2. The first-order valence-corrected chi connectivity index (χ1v) is 9.90. The van der Waals surface area contributed by atoms with Crippen LogP contribution in [0.3, 0.4) is 0 Å². The van der Waals surface area contributed by atoms with Crippen molar-refractivity contribution in [1.29, 1.82) is 0 Å². The maximum atomic E-state index is 5.52. The first-order chi connectivity index (χ1) is 12.3. The van der Waals surface area contributed by atoms with Gasteiger partial charge in [-0.3, -0.25) is 4.90 Å². The Morgan fingerprint density at radius 3 is 2.96 bits per heavy atom. The van der Waals surface area contributed by atoms with Crippen LogP contribution in [0, 0.1) is 0 Å². The number of benzene rings is 1. The summed E-state index contributed by atoms with van der Waals surface area (Å²) < 4.78 is 5.52. The Bertz CT molecular complexity index is 811. The Kier molecular flexibility index (Phi) is 4.95. The molecule has 3 heterocycles. The van der Waals surface area contributed by atoms with Gasteiger partial charge in [0.25, 0.3) is 0 Å². The minimum absolute atomic E-state index is 0.266. The third-order valence-corrected chi connectivity index (χ3v) is 5.78. The fraction of sp³-hybridized carbons (Fsp3) is 0.400. The molecule has 0 unspecified atom stereocenters. The lowest BCUT2D eigenvalue weighted by Gasteiger charge is -2.35. The number of unbranched alkanes of at least 4 members (excludes halogenated alkanes) is 1. The monoisotopic (exact) mass is 353 g/mol. The quantitative estimate of drug-likeness (QED) is 0.648. The average Bonchev–Trinajstić information content (AvgIpc) is 3.29. The molecule has 0 bridgehead atoms. The number of hydrogen-bond acceptors (Lipinski definition) is 5. The Labute approximate surface area is 152 Å². The first-order valence-electron chi connectivity index (χ1n) is 9.02. The van der Waals surface area contributed by atoms with E-state index >= 15 is 0 Å². The van der Waals surface area contributed by atoms with Crippen LogP contribution in [-0.2, 0) is 19.4 Å². The van der Waals surface area contributed by atoms with Crippen molar-refractivity contribution >= 4 is 11.3 Å². The number of thiophene rings is 1. The van der Waals surface area contributed by atoms with Gasteiger partial charge < -0.3 is 4.52 Å². The second-order valence-corrected chi connectivity index (χ2v) is 7.54. The van der Waals surface area contributed by atoms with Crippen molar-refractivity contribution in [3.8, 4) is 0 Å². The zero-order valence-electron chi connectivity index (χ0n) is 14.5. The molecular formula is C20H23N3OS. The van der Waals surface area contributed by atoms with Crippen molar-refractivity contribution in [3.63, 3.8) is 0 Å². The number of hydrogen-bond donors (Lipinski definition) is 0. The van der Waals surface area contributed by atoms with Gasteiger partial charge in [0.05, 0.1) is 12.6 Å². The molecule has 0 saturated carbocycles. The summed E-state index contributed by atoms with van der Waals surface area (Å²) in [6, 6.07) is 13.3. The van der Waals surface area contributed by atoms with E-state index < -0.39 is 0 Å². The van der Waals surface area contributed by atoms with E-state index in [1.54, 1.807) is 0 Å². The maximum absolute atomic E-state index is 5.52. The number of nitrogens with zero attached hydrogens (tertiary/aromatic N) is 3. The standard InChI is InChI=1S/C20H23N3OS/c1-2-3-9-18-21-19(24-22-18)14-23-12-10-17-16(11-13-25-17)20(23)15-7-5-4-6-8-15/h4-8,11,13,20H,2-3,9-10,12,14H2,1H3/t20-/m1/s1. The lowest BCUT2D eigenvalue weighted by atomic mass is 9.93. The molecule has 1 aliphatic heterocycles. The third kappa shape index (κ3) is 3.53. The Morgan fingerprint density at radius 1 is 1.24 bits per heavy atom. The lowest BCUT2D eigenvalue weighted by molar-refractivity contribution is 0.179. The summed E-state index contributed by atoms with van der Waals surface area (Å²) in [4.78, 5) is 8.56. The fourth-order valence-electron chi connectivity index (χ4n) is 3.53. The van der Waals surface area contributed by atoms with E-state index in [4.69, 9.17) is 4.52 Å². The summed E-state index contributed by atoms with van der Waals surface area (Å²) in [7, 11) is 0. The maximum Gasteiger partial charge on any atom is 0.240 e. The Hall–Kier alpha value is -1.98. The summed E-state index contributed by atoms with van der Waals surface area (Å²) in [6.07, 6.45) is 4.24. The minimum atomic E-state index is 0.266. The summed E-state index contributed by atoms with van der Waals surface area (Å²) in [5.41, 5.74) is 2.75. The smallest absolute Gasteiger partial charge is 0.240 e. The Balaban J connectivity index is 1.58. The van der Waals surface area contributed by atoms with Gasteiger partial charge >= 0.3 is 0 Å². The molecule has 0 saturated heterocycles. The van der Waals surface area contributed by atoms with Crippen LogP contribution >= 0.6 is 11.3 Å². The summed E-state index contributed by atoms with van der Waals surface area (Å²) in [6.45, 7) is 3.89. The molecule has 25 heavy (non-hydrogen) atoms. The van der Waals surface area contributed by atoms with Crippen molar-refractivity contribution in [2.45, 2.75) is 45.2 Å². The number of rotatable bonds is 6. The van der Waals surface area contributed by atoms with Crippen LogP contribution in [0.4, 0.5) is 0 Å². The number of fused-ring (bicyclic) bond motifs is 1. The molecule has 130 valence electrons. The molecule has 0 aliphatic carbocycles. The Morgan fingerprint density at radius 2 is 2.12 bits per heavy atom. The number of aryl methyl sites for hydroxylation is 1. The predicted molar refractivity (Wildman–Crippen MR) is 99.6 cm³/mol. The first kappa shape index (κ1) is 16.5. The van der Waals surface area contributed by atoms with E-state index in [-0.39, 0.29) is 6.04 Å². The van der Waals surface area contributed by atoms with Gasteiger partial charge in [0.15, 0.2) is 5.82 Å². The molecule has 2 aromatic heterocycles. The molecule has 0 fully saturated rings. The summed E-state index contributed by atoms with van der Waals surface area (Å²) in [5, 5.41) is 6.35. The van der Waals surface area contributed by atoms with E-state index in [2.05, 4.69) is 63.7 Å². The van der Waals surface area contributed by atoms with E-state index in [1.807, 2.05) is 11.3 Å². The summed E-state index contributed by atoms with van der Waals surface area (Å²) in [5.74, 6) is 1.56. The van der Waals surface area contributed by atoms with Gasteiger partial charge in [-0.1, -0.05) is 48.8 Å². The molecule has 3 aromatic rings. The molecule has 0 amide bonds. The van der Waals surface area contributed by atoms with Crippen LogP contribution in [0.5, 0.6) is 0 Å². The van der Waals surface area contributed by atoms with E-state index in [9.17, 15) is 0 Å². The van der Waals surface area contributed by atoms with E-state index in [0.717, 1.165) is 43.9 Å². The van der Waals surface area contributed by atoms with Gasteiger partial charge in [0.2, 0.25) is 5.89 Å². The van der Waals surface area contributed by atoms with Gasteiger partial charge in [-0.05, 0) is 35.4 Å². The van der Waals surface area contributed by atoms with E-state index in [0.29, 0.717) is 6.54 Å². The van der Waals surface area contributed by atoms with Crippen LogP contribution in [0.25, 0.3) is 0 Å². The van der Waals surface area contributed by atoms with Crippen LogP contribution in [0.1, 0.15) is 53.5 Å². The van der Waals surface area contributed by atoms with Crippen molar-refractivity contribution in [3.05, 3.63) is 69.5 Å². The second-order valence-electron chi connectivity index (χ2n) is 6.54. The van der Waals surface area contributed by atoms with Gasteiger partial charge in [-0.15, -0.1) is 11.3 Å². The van der Waals surface area contributed by atoms with Crippen molar-refractivity contribution in [2.24, 2.45) is 0 Å². The highest BCUT2D eigenvalue weighted by molar-refractivity contribution is 7.10. The molecule has 1 aromatic carbocycles. The van der Waals surface area contributed by atoms with Gasteiger partial charge in [-0.2, -0.15) is 4.98 Å². The van der Waals surface area contributed by atoms with Crippen LogP contribution < -0.4 is 0 Å². The molecular weight excluding hydrogens is 330 g/mol. The van der Waals surface area contributed by atoms with Crippen molar-refractivity contribution in [1.82, 2.24) is 15.0 Å². The lowest BCUT2D eigenvalue weighted by Crippen LogP contribution is -2.35. The minimum Gasteiger partial charge on any atom is -0.338 e. The zero-order chi connectivity index (χ0) is 17.1. The average molecular weight is 353 g/mol. The van der Waals surface area contributed by atoms with Crippen LogP contribution in [0.15, 0.2) is 46.3 Å². The molecule has 1 aliphatic rings. The molecule has 4 rings (SSSR count). The van der Waals surface area contributed by atoms with Gasteiger partial charge in [0.1, 0.15) is 0 Å². The van der Waals surface area contributed by atoms with Gasteiger partial charge in [0, 0.05) is 17.8 Å². The van der Waals surface area contributed by atoms with Crippen molar-refractivity contribution in [2.75, 3.05) is 6.54 Å². The SMILES string of the molecule is CCCCc1noc(CN2CCc3sccc3[C@H]2c2ccccc2)n1. The molecule has 4 nitrogen and oxygen atoms in total. The topological polar surface area (TPSA) is 42.2 Å². The molecule has 1 atom stereocenters. The largest absolute Gasteiger partial charge is 0.338 e. The third-order valence-electron chi connectivity index (χ3n) is 4.78. The predicted octanol–water partition coefficient (Wildman–Crippen LogP) is 4.62. The van der Waals surface area contributed by atoms with Crippen molar-refractivity contribution < 1.29 is 4.52 Å². The molecule has 0 radical (unpaired) electrons. The molecule has 0 N–H and O–H groups in total. The fourth-order valence-corrected chi connectivity index (χ4v) is 4.43. The van der Waals surface area contributed by atoms with Gasteiger partial charge in [-0.25, -0.2) is 0 Å². The summed E-state index contributed by atoms with van der Waals surface area (Å²) >= 11 is 1.87. The van der Waals surface area contributed by atoms with Crippen LogP contribution in [-0.4, -0.2) is 21.6 Å². The normalized spacial score (nSPS) is 17.6. The molecule has 5 heteroatoms. The second kappa shape index (κ2) is 7.50. The van der Waals surface area contributed by atoms with E-state index in [1.165, 1.54) is 16.0 Å². The molecule has 0 spiro atoms. The highest BCUT2D eigenvalue weighted by atomic mass is 32.1.